The molecule has 2 fully saturated rings. The quantitative estimate of drug-likeness (QED) is 0.906. The standard InChI is InChI=1S/C14H18F2N2.ClH/c15-11-3-1-10(13(16)5-11)7-18-6-9-2-4-14(17)12(9)8-18;/h1,3,5,9,12,14H,2,4,6-8,17H2;1H. The van der Waals surface area contributed by atoms with Gasteiger partial charge in [-0.25, -0.2) is 8.78 Å². The van der Waals surface area contributed by atoms with E-state index in [0.717, 1.165) is 25.6 Å². The van der Waals surface area contributed by atoms with Crippen molar-refractivity contribution in [2.24, 2.45) is 17.6 Å². The first kappa shape index (κ1) is 14.7. The molecule has 1 heterocycles. The summed E-state index contributed by atoms with van der Waals surface area (Å²) in [6.45, 7) is 2.50. The third kappa shape index (κ3) is 2.91. The Balaban J connectivity index is 0.00000133. The Morgan fingerprint density at radius 1 is 1.21 bits per heavy atom. The van der Waals surface area contributed by atoms with Crippen LogP contribution >= 0.6 is 12.4 Å². The zero-order valence-electron chi connectivity index (χ0n) is 10.7. The summed E-state index contributed by atoms with van der Waals surface area (Å²) in [6.07, 6.45) is 2.31. The highest BCUT2D eigenvalue weighted by molar-refractivity contribution is 5.85. The largest absolute Gasteiger partial charge is 0.327 e. The number of hydrogen-bond donors (Lipinski definition) is 1. The van der Waals surface area contributed by atoms with E-state index in [4.69, 9.17) is 5.73 Å². The Hall–Kier alpha value is -0.710. The van der Waals surface area contributed by atoms with Gasteiger partial charge in [0, 0.05) is 37.3 Å². The molecule has 2 N–H and O–H groups in total. The zero-order valence-corrected chi connectivity index (χ0v) is 11.5. The average Bonchev–Trinajstić information content (AvgIpc) is 2.86. The molecular weight excluding hydrogens is 270 g/mol. The first-order valence-corrected chi connectivity index (χ1v) is 6.55. The van der Waals surface area contributed by atoms with Gasteiger partial charge in [-0.2, -0.15) is 0 Å². The van der Waals surface area contributed by atoms with Gasteiger partial charge in [-0.3, -0.25) is 4.90 Å². The van der Waals surface area contributed by atoms with Gasteiger partial charge in [0.25, 0.3) is 0 Å². The highest BCUT2D eigenvalue weighted by Gasteiger charge is 2.40. The molecule has 2 nitrogen and oxygen atoms in total. The molecule has 0 bridgehead atoms. The monoisotopic (exact) mass is 288 g/mol. The molecule has 0 aromatic heterocycles. The molecule has 19 heavy (non-hydrogen) atoms. The molecule has 0 radical (unpaired) electrons. The Bertz CT molecular complexity index is 455. The van der Waals surface area contributed by atoms with E-state index < -0.39 is 11.6 Å². The van der Waals surface area contributed by atoms with Gasteiger partial charge < -0.3 is 5.73 Å². The van der Waals surface area contributed by atoms with Gasteiger partial charge in [-0.15, -0.1) is 12.4 Å². The van der Waals surface area contributed by atoms with Crippen molar-refractivity contribution in [2.45, 2.75) is 25.4 Å². The number of fused-ring (bicyclic) bond motifs is 1. The summed E-state index contributed by atoms with van der Waals surface area (Å²) in [4.78, 5) is 2.24. The van der Waals surface area contributed by atoms with Gasteiger partial charge in [0.2, 0.25) is 0 Å². The van der Waals surface area contributed by atoms with Crippen LogP contribution in [0.3, 0.4) is 0 Å². The van der Waals surface area contributed by atoms with Gasteiger partial charge in [-0.1, -0.05) is 6.07 Å². The van der Waals surface area contributed by atoms with Crippen LogP contribution in [0.5, 0.6) is 0 Å². The lowest BCUT2D eigenvalue weighted by atomic mass is 9.98. The topological polar surface area (TPSA) is 29.3 Å². The molecule has 0 amide bonds. The molecule has 0 spiro atoms. The fraction of sp³-hybridized carbons (Fsp3) is 0.571. The molecule has 3 rings (SSSR count). The van der Waals surface area contributed by atoms with Gasteiger partial charge in [0.1, 0.15) is 11.6 Å². The average molecular weight is 289 g/mol. The first-order valence-electron chi connectivity index (χ1n) is 6.55. The molecule has 1 aromatic rings. The van der Waals surface area contributed by atoms with Crippen LogP contribution in [-0.4, -0.2) is 24.0 Å². The lowest BCUT2D eigenvalue weighted by molar-refractivity contribution is 0.293. The molecule has 1 saturated heterocycles. The third-order valence-corrected chi connectivity index (χ3v) is 4.40. The van der Waals surface area contributed by atoms with Crippen molar-refractivity contribution in [1.82, 2.24) is 4.90 Å². The van der Waals surface area contributed by atoms with E-state index in [0.29, 0.717) is 30.0 Å². The summed E-state index contributed by atoms with van der Waals surface area (Å²) in [5, 5.41) is 0. The molecule has 1 aliphatic carbocycles. The maximum Gasteiger partial charge on any atom is 0.130 e. The van der Waals surface area contributed by atoms with Crippen molar-refractivity contribution in [3.63, 3.8) is 0 Å². The SMILES string of the molecule is Cl.NC1CCC2CN(Cc3ccc(F)cc3F)CC12. The summed E-state index contributed by atoms with van der Waals surface area (Å²) in [5.74, 6) is 0.268. The van der Waals surface area contributed by atoms with Gasteiger partial charge >= 0.3 is 0 Å². The van der Waals surface area contributed by atoms with Crippen molar-refractivity contribution >= 4 is 12.4 Å². The summed E-state index contributed by atoms with van der Waals surface area (Å²) in [7, 11) is 0. The number of likely N-dealkylation sites (tertiary alicyclic amines) is 1. The first-order chi connectivity index (χ1) is 8.63. The van der Waals surface area contributed by atoms with Crippen LogP contribution in [0, 0.1) is 23.5 Å². The van der Waals surface area contributed by atoms with E-state index in [-0.39, 0.29) is 12.4 Å². The summed E-state index contributed by atoms with van der Waals surface area (Å²) in [6, 6.07) is 4.12. The van der Waals surface area contributed by atoms with Crippen molar-refractivity contribution in [3.05, 3.63) is 35.4 Å². The van der Waals surface area contributed by atoms with Crippen molar-refractivity contribution in [2.75, 3.05) is 13.1 Å². The molecule has 2 aliphatic rings. The maximum atomic E-state index is 13.6. The van der Waals surface area contributed by atoms with Crippen LogP contribution in [0.4, 0.5) is 8.78 Å². The normalized spacial score (nSPS) is 30.2. The molecule has 3 unspecified atom stereocenters. The fourth-order valence-electron chi connectivity index (χ4n) is 3.42. The van der Waals surface area contributed by atoms with Crippen LogP contribution in [-0.2, 0) is 6.54 Å². The minimum Gasteiger partial charge on any atom is -0.327 e. The lowest BCUT2D eigenvalue weighted by Gasteiger charge is -2.18. The van der Waals surface area contributed by atoms with E-state index in [2.05, 4.69) is 4.90 Å². The Kier molecular flexibility index (Phi) is 4.43. The van der Waals surface area contributed by atoms with E-state index in [9.17, 15) is 8.78 Å². The van der Waals surface area contributed by atoms with E-state index in [1.807, 2.05) is 0 Å². The molecule has 1 saturated carbocycles. The van der Waals surface area contributed by atoms with Gasteiger partial charge in [-0.05, 0) is 30.7 Å². The Morgan fingerprint density at radius 3 is 2.68 bits per heavy atom. The van der Waals surface area contributed by atoms with E-state index in [1.165, 1.54) is 12.5 Å². The van der Waals surface area contributed by atoms with Crippen molar-refractivity contribution in [1.29, 1.82) is 0 Å². The Morgan fingerprint density at radius 2 is 2.00 bits per heavy atom. The second-order valence-electron chi connectivity index (χ2n) is 5.59. The molecule has 106 valence electrons. The second-order valence-corrected chi connectivity index (χ2v) is 5.59. The van der Waals surface area contributed by atoms with Crippen molar-refractivity contribution < 1.29 is 8.78 Å². The second kappa shape index (κ2) is 5.73. The smallest absolute Gasteiger partial charge is 0.130 e. The van der Waals surface area contributed by atoms with Crippen LogP contribution in [0.2, 0.25) is 0 Å². The van der Waals surface area contributed by atoms with Gasteiger partial charge in [0.15, 0.2) is 0 Å². The summed E-state index contributed by atoms with van der Waals surface area (Å²) >= 11 is 0. The number of nitrogens with two attached hydrogens (primary N) is 1. The van der Waals surface area contributed by atoms with Crippen LogP contribution < -0.4 is 5.73 Å². The number of hydrogen-bond acceptors (Lipinski definition) is 2. The van der Waals surface area contributed by atoms with Crippen LogP contribution in [0.1, 0.15) is 18.4 Å². The van der Waals surface area contributed by atoms with E-state index >= 15 is 0 Å². The Labute approximate surface area is 118 Å². The molecule has 5 heteroatoms. The number of rotatable bonds is 2. The summed E-state index contributed by atoms with van der Waals surface area (Å²) in [5.41, 5.74) is 6.65. The maximum absolute atomic E-state index is 13.6. The predicted octanol–water partition coefficient (Wildman–Crippen LogP) is 2.56. The van der Waals surface area contributed by atoms with Crippen LogP contribution in [0.15, 0.2) is 18.2 Å². The van der Waals surface area contributed by atoms with E-state index in [1.54, 1.807) is 6.07 Å². The third-order valence-electron chi connectivity index (χ3n) is 4.40. The lowest BCUT2D eigenvalue weighted by Crippen LogP contribution is -2.30. The minimum absolute atomic E-state index is 0. The summed E-state index contributed by atoms with van der Waals surface area (Å²) < 4.78 is 26.4. The molecule has 1 aromatic carbocycles. The van der Waals surface area contributed by atoms with Crippen LogP contribution in [0.25, 0.3) is 0 Å². The van der Waals surface area contributed by atoms with Gasteiger partial charge in [0.05, 0.1) is 0 Å². The fourth-order valence-corrected chi connectivity index (χ4v) is 3.42. The predicted molar refractivity (Wildman–Crippen MR) is 73.1 cm³/mol. The number of benzene rings is 1. The molecule has 1 aliphatic heterocycles. The highest BCUT2D eigenvalue weighted by Crippen LogP contribution is 2.37. The minimum atomic E-state index is -0.517. The molecule has 3 atom stereocenters. The highest BCUT2D eigenvalue weighted by atomic mass is 35.5. The number of nitrogens with zero attached hydrogens (tertiary/aromatic N) is 1. The number of halogens is 3. The zero-order chi connectivity index (χ0) is 12.7. The molecular formula is C14H19ClF2N2. The van der Waals surface area contributed by atoms with Crippen molar-refractivity contribution in [3.8, 4) is 0 Å².